The summed E-state index contributed by atoms with van der Waals surface area (Å²) >= 11 is 0. The molecule has 1 atom stereocenters. The normalized spacial score (nSPS) is 21.2. The zero-order chi connectivity index (χ0) is 15.9. The van der Waals surface area contributed by atoms with Crippen molar-refractivity contribution in [2.45, 2.75) is 12.5 Å². The van der Waals surface area contributed by atoms with Crippen molar-refractivity contribution in [3.05, 3.63) is 48.0 Å². The van der Waals surface area contributed by atoms with Crippen LogP contribution >= 0.6 is 0 Å². The van der Waals surface area contributed by atoms with Crippen LogP contribution in [0.3, 0.4) is 0 Å². The molecule has 1 heterocycles. The van der Waals surface area contributed by atoms with Gasteiger partial charge in [0.15, 0.2) is 0 Å². The highest BCUT2D eigenvalue weighted by atomic mass is 16.4. The molecule has 0 aromatic heterocycles. The molecular weight excluding hydrogens is 284 g/mol. The van der Waals surface area contributed by atoms with Gasteiger partial charge in [0.2, 0.25) is 0 Å². The predicted molar refractivity (Wildman–Crippen MR) is 79.2 cm³/mol. The Morgan fingerprint density at radius 2 is 1.86 bits per heavy atom. The van der Waals surface area contributed by atoms with Crippen molar-refractivity contribution in [3.8, 4) is 0 Å². The molecule has 0 radical (unpaired) electrons. The summed E-state index contributed by atoms with van der Waals surface area (Å²) in [6.07, 6.45) is 0. The standard InChI is InChI=1S/C16H14N2O4/c1-16(14(21)18(9-13(19)20)15(22)17-16)12-7-6-10-4-2-3-5-11(10)8-12/h2-8H,9H2,1H3,(H,17,22)(H,19,20)/t16-/m1/s1. The van der Waals surface area contributed by atoms with Crippen molar-refractivity contribution in [2.24, 2.45) is 0 Å². The molecule has 0 saturated carbocycles. The summed E-state index contributed by atoms with van der Waals surface area (Å²) < 4.78 is 0. The Kier molecular flexibility index (Phi) is 3.09. The average Bonchev–Trinajstić information content (AvgIpc) is 2.71. The van der Waals surface area contributed by atoms with E-state index >= 15 is 0 Å². The highest BCUT2D eigenvalue weighted by molar-refractivity contribution is 6.09. The Morgan fingerprint density at radius 1 is 1.18 bits per heavy atom. The average molecular weight is 298 g/mol. The van der Waals surface area contributed by atoms with Gasteiger partial charge in [-0.05, 0) is 29.3 Å². The minimum Gasteiger partial charge on any atom is -0.480 e. The second-order valence-electron chi connectivity index (χ2n) is 5.40. The van der Waals surface area contributed by atoms with Crippen LogP contribution in [-0.4, -0.2) is 34.5 Å². The van der Waals surface area contributed by atoms with Gasteiger partial charge < -0.3 is 10.4 Å². The topological polar surface area (TPSA) is 86.7 Å². The van der Waals surface area contributed by atoms with E-state index in [4.69, 9.17) is 5.11 Å². The number of rotatable bonds is 3. The Labute approximate surface area is 126 Å². The number of carbonyl (C=O) groups is 3. The maximum absolute atomic E-state index is 12.5. The molecule has 0 spiro atoms. The van der Waals surface area contributed by atoms with E-state index in [-0.39, 0.29) is 0 Å². The van der Waals surface area contributed by atoms with E-state index in [1.54, 1.807) is 13.0 Å². The lowest BCUT2D eigenvalue weighted by Gasteiger charge is -2.22. The molecule has 6 heteroatoms. The molecule has 2 aromatic rings. The minimum absolute atomic E-state index is 0.560. The fourth-order valence-electron chi connectivity index (χ4n) is 2.67. The van der Waals surface area contributed by atoms with Gasteiger partial charge in [0.1, 0.15) is 12.1 Å². The quantitative estimate of drug-likeness (QED) is 0.844. The van der Waals surface area contributed by atoms with Crippen molar-refractivity contribution >= 4 is 28.7 Å². The van der Waals surface area contributed by atoms with Crippen LogP contribution in [0.4, 0.5) is 4.79 Å². The highest BCUT2D eigenvalue weighted by Crippen LogP contribution is 2.30. The van der Waals surface area contributed by atoms with Gasteiger partial charge in [0, 0.05) is 0 Å². The predicted octanol–water partition coefficient (Wildman–Crippen LogP) is 1.69. The van der Waals surface area contributed by atoms with Crippen LogP contribution in [-0.2, 0) is 15.1 Å². The smallest absolute Gasteiger partial charge is 0.325 e. The van der Waals surface area contributed by atoms with Crippen molar-refractivity contribution < 1.29 is 19.5 Å². The maximum atomic E-state index is 12.5. The van der Waals surface area contributed by atoms with Gasteiger partial charge in [-0.15, -0.1) is 0 Å². The van der Waals surface area contributed by atoms with Gasteiger partial charge in [-0.1, -0.05) is 36.4 Å². The number of aliphatic carboxylic acids is 1. The number of amides is 3. The number of carbonyl (C=O) groups excluding carboxylic acids is 2. The highest BCUT2D eigenvalue weighted by Gasteiger charge is 2.49. The minimum atomic E-state index is -1.25. The first kappa shape index (κ1) is 14.1. The molecule has 6 nitrogen and oxygen atoms in total. The third-order valence-corrected chi connectivity index (χ3v) is 3.90. The molecule has 1 saturated heterocycles. The molecule has 1 aliphatic rings. The van der Waals surface area contributed by atoms with E-state index in [0.717, 1.165) is 15.7 Å². The van der Waals surface area contributed by atoms with Crippen LogP contribution < -0.4 is 5.32 Å². The zero-order valence-corrected chi connectivity index (χ0v) is 11.9. The molecular formula is C16H14N2O4. The van der Waals surface area contributed by atoms with Crippen molar-refractivity contribution in [1.82, 2.24) is 10.2 Å². The number of fused-ring (bicyclic) bond motifs is 1. The largest absolute Gasteiger partial charge is 0.480 e. The number of hydrogen-bond donors (Lipinski definition) is 2. The van der Waals surface area contributed by atoms with Gasteiger partial charge in [0.25, 0.3) is 5.91 Å². The van der Waals surface area contributed by atoms with Crippen LogP contribution in [0, 0.1) is 0 Å². The number of carboxylic acid groups (broad SMARTS) is 1. The molecule has 1 aliphatic heterocycles. The van der Waals surface area contributed by atoms with Crippen LogP contribution in [0.25, 0.3) is 10.8 Å². The van der Waals surface area contributed by atoms with E-state index < -0.39 is 30.0 Å². The molecule has 1 fully saturated rings. The van der Waals surface area contributed by atoms with Gasteiger partial charge in [-0.2, -0.15) is 0 Å². The maximum Gasteiger partial charge on any atom is 0.325 e. The second kappa shape index (κ2) is 4.84. The van der Waals surface area contributed by atoms with E-state index in [0.29, 0.717) is 5.56 Å². The summed E-state index contributed by atoms with van der Waals surface area (Å²) in [5.41, 5.74) is -0.631. The van der Waals surface area contributed by atoms with Gasteiger partial charge in [-0.3, -0.25) is 14.5 Å². The van der Waals surface area contributed by atoms with Gasteiger partial charge >= 0.3 is 12.0 Å². The van der Waals surface area contributed by atoms with Crippen LogP contribution in [0.2, 0.25) is 0 Å². The Bertz CT molecular complexity index is 802. The lowest BCUT2D eigenvalue weighted by molar-refractivity contribution is -0.142. The number of urea groups is 1. The Hall–Kier alpha value is -2.89. The van der Waals surface area contributed by atoms with Crippen LogP contribution in [0.15, 0.2) is 42.5 Å². The van der Waals surface area contributed by atoms with Crippen molar-refractivity contribution in [2.75, 3.05) is 6.54 Å². The molecule has 3 amide bonds. The van der Waals surface area contributed by atoms with Crippen molar-refractivity contribution in [3.63, 3.8) is 0 Å². The molecule has 3 rings (SSSR count). The molecule has 2 aromatic carbocycles. The lowest BCUT2D eigenvalue weighted by Crippen LogP contribution is -2.41. The number of imide groups is 1. The first-order valence-electron chi connectivity index (χ1n) is 6.77. The summed E-state index contributed by atoms with van der Waals surface area (Å²) in [6, 6.07) is 12.5. The number of carboxylic acids is 1. The SMILES string of the molecule is C[C@]1(c2ccc3ccccc3c2)NC(=O)N(CC(=O)O)C1=O. The number of hydrogen-bond acceptors (Lipinski definition) is 3. The molecule has 0 unspecified atom stereocenters. The second-order valence-corrected chi connectivity index (χ2v) is 5.40. The summed E-state index contributed by atoms with van der Waals surface area (Å²) in [5.74, 6) is -1.79. The van der Waals surface area contributed by atoms with Gasteiger partial charge in [0.05, 0.1) is 0 Å². The first-order chi connectivity index (χ1) is 10.4. The summed E-state index contributed by atoms with van der Waals surface area (Å²) in [5, 5.41) is 13.4. The van der Waals surface area contributed by atoms with E-state index in [2.05, 4.69) is 5.32 Å². The number of nitrogens with zero attached hydrogens (tertiary/aromatic N) is 1. The Morgan fingerprint density at radius 3 is 2.55 bits per heavy atom. The molecule has 0 bridgehead atoms. The van der Waals surface area contributed by atoms with E-state index in [9.17, 15) is 14.4 Å². The lowest BCUT2D eigenvalue weighted by atomic mass is 9.90. The molecule has 0 aliphatic carbocycles. The first-order valence-corrected chi connectivity index (χ1v) is 6.77. The fourth-order valence-corrected chi connectivity index (χ4v) is 2.67. The molecule has 22 heavy (non-hydrogen) atoms. The Balaban J connectivity index is 2.03. The summed E-state index contributed by atoms with van der Waals surface area (Å²) in [7, 11) is 0. The molecule has 112 valence electrons. The summed E-state index contributed by atoms with van der Waals surface area (Å²) in [4.78, 5) is 35.9. The van der Waals surface area contributed by atoms with Crippen molar-refractivity contribution in [1.29, 1.82) is 0 Å². The van der Waals surface area contributed by atoms with Crippen LogP contribution in [0.5, 0.6) is 0 Å². The van der Waals surface area contributed by atoms with Crippen LogP contribution in [0.1, 0.15) is 12.5 Å². The van der Waals surface area contributed by atoms with E-state index in [1.165, 1.54) is 0 Å². The van der Waals surface area contributed by atoms with Gasteiger partial charge in [-0.25, -0.2) is 4.79 Å². The third-order valence-electron chi connectivity index (χ3n) is 3.90. The fraction of sp³-hybridized carbons (Fsp3) is 0.188. The number of nitrogens with one attached hydrogen (secondary N) is 1. The van der Waals surface area contributed by atoms with E-state index in [1.807, 2.05) is 36.4 Å². The number of benzene rings is 2. The summed E-state index contributed by atoms with van der Waals surface area (Å²) in [6.45, 7) is 0.938. The molecule has 2 N–H and O–H groups in total. The zero-order valence-electron chi connectivity index (χ0n) is 11.9. The third kappa shape index (κ3) is 2.09. The monoisotopic (exact) mass is 298 g/mol.